The molecule has 5 nitrogen and oxygen atoms in total. The fourth-order valence-electron chi connectivity index (χ4n) is 3.42. The molecule has 0 aliphatic carbocycles. The molecular weight excluding hydrogens is 464 g/mol. The van der Waals surface area contributed by atoms with E-state index in [0.29, 0.717) is 19.4 Å². The van der Waals surface area contributed by atoms with E-state index in [0.717, 1.165) is 34.8 Å². The first-order valence-electron chi connectivity index (χ1n) is 9.77. The summed E-state index contributed by atoms with van der Waals surface area (Å²) in [6.45, 7) is 4.55. The van der Waals surface area contributed by atoms with E-state index < -0.39 is 4.75 Å². The van der Waals surface area contributed by atoms with Gasteiger partial charge in [0.2, 0.25) is 0 Å². The number of amides is 1. The predicted octanol–water partition coefficient (Wildman–Crippen LogP) is 4.48. The van der Waals surface area contributed by atoms with Gasteiger partial charge >= 0.3 is 0 Å². The number of piperidine rings is 1. The van der Waals surface area contributed by atoms with E-state index >= 15 is 0 Å². The number of benzene rings is 2. The summed E-state index contributed by atoms with van der Waals surface area (Å²) < 4.78 is 5.92. The third kappa shape index (κ3) is 6.02. The molecule has 1 amide bonds. The summed E-state index contributed by atoms with van der Waals surface area (Å²) in [5.41, 5.74) is 3.13. The number of hydroxylamine groups is 1. The van der Waals surface area contributed by atoms with Crippen LogP contribution in [0.2, 0.25) is 0 Å². The highest BCUT2D eigenvalue weighted by Gasteiger charge is 2.42. The van der Waals surface area contributed by atoms with Gasteiger partial charge in [-0.05, 0) is 61.7 Å². The molecule has 158 valence electrons. The largest absolute Gasteiger partial charge is 0.481 e. The van der Waals surface area contributed by atoms with E-state index in [9.17, 15) is 10.0 Å². The Morgan fingerprint density at radius 1 is 1.20 bits per heavy atom. The summed E-state index contributed by atoms with van der Waals surface area (Å²) >= 11 is 4.97. The zero-order valence-electron chi connectivity index (χ0n) is 16.9. The van der Waals surface area contributed by atoms with Crippen molar-refractivity contribution in [2.45, 2.75) is 36.0 Å². The number of rotatable bonds is 7. The minimum absolute atomic E-state index is 0.339. The van der Waals surface area contributed by atoms with Crippen LogP contribution >= 0.6 is 27.7 Å². The summed E-state index contributed by atoms with van der Waals surface area (Å²) in [5, 5.41) is 9.36. The van der Waals surface area contributed by atoms with E-state index in [2.05, 4.69) is 44.8 Å². The number of halogens is 1. The minimum atomic E-state index is -0.693. The number of hydrogen-bond donors (Lipinski definition) is 2. The Balaban J connectivity index is 1.63. The van der Waals surface area contributed by atoms with Crippen LogP contribution in [0.5, 0.6) is 5.75 Å². The number of carbonyl (C=O) groups is 1. The molecule has 1 saturated heterocycles. The summed E-state index contributed by atoms with van der Waals surface area (Å²) in [6.07, 6.45) is 1.32. The van der Waals surface area contributed by atoms with Crippen LogP contribution in [0.15, 0.2) is 57.9 Å². The van der Waals surface area contributed by atoms with Gasteiger partial charge in [0, 0.05) is 29.0 Å². The highest BCUT2D eigenvalue weighted by Crippen LogP contribution is 2.42. The number of nitrogens with zero attached hydrogens (tertiary/aromatic N) is 1. The Labute approximate surface area is 190 Å². The van der Waals surface area contributed by atoms with E-state index in [1.165, 1.54) is 17.3 Å². The molecular formula is C23H25BrN2O3S. The molecule has 1 fully saturated rings. The molecule has 0 spiro atoms. The number of ether oxygens (including phenoxy) is 1. The van der Waals surface area contributed by atoms with E-state index in [-0.39, 0.29) is 5.91 Å². The second-order valence-corrected chi connectivity index (χ2v) is 9.50. The van der Waals surface area contributed by atoms with Crippen molar-refractivity contribution in [2.24, 2.45) is 0 Å². The molecule has 1 heterocycles. The van der Waals surface area contributed by atoms with Crippen molar-refractivity contribution in [2.75, 3.05) is 19.7 Å². The van der Waals surface area contributed by atoms with Gasteiger partial charge in [-0.15, -0.1) is 17.7 Å². The van der Waals surface area contributed by atoms with Crippen molar-refractivity contribution in [3.63, 3.8) is 0 Å². The van der Waals surface area contributed by atoms with Crippen molar-refractivity contribution >= 4 is 33.6 Å². The average molecular weight is 489 g/mol. The predicted molar refractivity (Wildman–Crippen MR) is 123 cm³/mol. The van der Waals surface area contributed by atoms with Crippen LogP contribution in [0.1, 0.15) is 25.3 Å². The highest BCUT2D eigenvalue weighted by atomic mass is 79.9. The molecule has 1 aliphatic heterocycles. The quantitative estimate of drug-likeness (QED) is 0.341. The molecule has 0 unspecified atom stereocenters. The summed E-state index contributed by atoms with van der Waals surface area (Å²) in [6, 6.07) is 16.0. The lowest BCUT2D eigenvalue weighted by atomic mass is 9.94. The van der Waals surface area contributed by atoms with Crippen molar-refractivity contribution in [3.8, 4) is 17.6 Å². The van der Waals surface area contributed by atoms with Gasteiger partial charge in [-0.2, -0.15) is 0 Å². The maximum absolute atomic E-state index is 12.6. The number of thioether (sulfide) groups is 1. The minimum Gasteiger partial charge on any atom is -0.481 e. The first-order valence-corrected chi connectivity index (χ1v) is 11.4. The standard InChI is InChI=1S/C23H25BrN2O3S/c1-2-3-16-29-20-8-10-21(11-9-20)30-23(22(27)25-28)12-14-26(15-13-23)17-18-4-6-19(24)7-5-18/h4-11,28H,12-17H2,1H3,(H,25,27). The summed E-state index contributed by atoms with van der Waals surface area (Å²) in [5.74, 6) is 6.06. The van der Waals surface area contributed by atoms with Gasteiger partial charge in [0.15, 0.2) is 0 Å². The third-order valence-electron chi connectivity index (χ3n) is 5.12. The fraction of sp³-hybridized carbons (Fsp3) is 0.348. The first-order chi connectivity index (χ1) is 14.5. The second kappa shape index (κ2) is 10.9. The molecule has 7 heteroatoms. The molecule has 2 aromatic rings. The smallest absolute Gasteiger partial charge is 0.260 e. The highest BCUT2D eigenvalue weighted by molar-refractivity contribution is 9.10. The second-order valence-electron chi connectivity index (χ2n) is 7.13. The topological polar surface area (TPSA) is 61.8 Å². The van der Waals surface area contributed by atoms with Crippen LogP contribution in [-0.4, -0.2) is 40.5 Å². The number of hydrogen-bond acceptors (Lipinski definition) is 5. The summed E-state index contributed by atoms with van der Waals surface area (Å²) in [4.78, 5) is 15.9. The maximum atomic E-state index is 12.6. The molecule has 0 bridgehead atoms. The SMILES string of the molecule is CC#CCOc1ccc(SC2(C(=O)NO)CCN(Cc3ccc(Br)cc3)CC2)cc1. The Kier molecular flexibility index (Phi) is 8.23. The zero-order valence-corrected chi connectivity index (χ0v) is 19.3. The van der Waals surface area contributed by atoms with Crippen molar-refractivity contribution in [1.82, 2.24) is 10.4 Å². The molecule has 30 heavy (non-hydrogen) atoms. The van der Waals surface area contributed by atoms with E-state index in [4.69, 9.17) is 4.74 Å². The van der Waals surface area contributed by atoms with Crippen LogP contribution in [-0.2, 0) is 11.3 Å². The Hall–Kier alpha value is -1.98. The Morgan fingerprint density at radius 2 is 1.87 bits per heavy atom. The molecule has 0 saturated carbocycles. The van der Waals surface area contributed by atoms with Gasteiger partial charge < -0.3 is 4.74 Å². The van der Waals surface area contributed by atoms with Gasteiger partial charge in [0.05, 0.1) is 0 Å². The van der Waals surface area contributed by atoms with E-state index in [1.807, 2.05) is 41.9 Å². The molecule has 3 rings (SSSR count). The van der Waals surface area contributed by atoms with Crippen LogP contribution < -0.4 is 10.2 Å². The van der Waals surface area contributed by atoms with Crippen molar-refractivity contribution in [3.05, 3.63) is 58.6 Å². The van der Waals surface area contributed by atoms with Crippen molar-refractivity contribution < 1.29 is 14.7 Å². The van der Waals surface area contributed by atoms with Crippen LogP contribution in [0.25, 0.3) is 0 Å². The lowest BCUT2D eigenvalue weighted by Crippen LogP contribution is -2.50. The van der Waals surface area contributed by atoms with Gasteiger partial charge in [-0.3, -0.25) is 14.9 Å². The Bertz CT molecular complexity index is 899. The monoisotopic (exact) mass is 488 g/mol. The maximum Gasteiger partial charge on any atom is 0.260 e. The average Bonchev–Trinajstić information content (AvgIpc) is 2.77. The van der Waals surface area contributed by atoms with Gasteiger partial charge in [-0.25, -0.2) is 5.48 Å². The van der Waals surface area contributed by atoms with Crippen molar-refractivity contribution in [1.29, 1.82) is 0 Å². The van der Waals surface area contributed by atoms with Crippen LogP contribution in [0.4, 0.5) is 0 Å². The third-order valence-corrected chi connectivity index (χ3v) is 7.14. The van der Waals surface area contributed by atoms with Gasteiger partial charge in [-0.1, -0.05) is 34.0 Å². The van der Waals surface area contributed by atoms with Crippen LogP contribution in [0.3, 0.4) is 0 Å². The molecule has 2 N–H and O–H groups in total. The molecule has 0 atom stereocenters. The van der Waals surface area contributed by atoms with Gasteiger partial charge in [0.25, 0.3) is 5.91 Å². The molecule has 0 radical (unpaired) electrons. The first kappa shape index (κ1) is 22.7. The Morgan fingerprint density at radius 3 is 2.47 bits per heavy atom. The lowest BCUT2D eigenvalue weighted by molar-refractivity contribution is -0.133. The number of nitrogens with one attached hydrogen (secondary N) is 1. The fourth-order valence-corrected chi connectivity index (χ4v) is 4.93. The lowest BCUT2D eigenvalue weighted by Gasteiger charge is -2.39. The van der Waals surface area contributed by atoms with Crippen LogP contribution in [0, 0.1) is 11.8 Å². The molecule has 1 aliphatic rings. The molecule has 2 aromatic carbocycles. The van der Waals surface area contributed by atoms with E-state index in [1.54, 1.807) is 6.92 Å². The number of carbonyl (C=O) groups excluding carboxylic acids is 1. The number of likely N-dealkylation sites (tertiary alicyclic amines) is 1. The zero-order chi connectivity index (χ0) is 21.4. The molecule has 0 aromatic heterocycles. The summed E-state index contributed by atoms with van der Waals surface area (Å²) in [7, 11) is 0. The normalized spacial score (nSPS) is 15.7. The van der Waals surface area contributed by atoms with Gasteiger partial charge in [0.1, 0.15) is 17.1 Å².